The van der Waals surface area contributed by atoms with Crippen LogP contribution in [0.5, 0.6) is 0 Å². The Kier molecular flexibility index (Phi) is 9.97. The summed E-state index contributed by atoms with van der Waals surface area (Å²) in [6.45, 7) is 4.89. The number of carbonyl (C=O) groups is 2. The zero-order valence-corrected chi connectivity index (χ0v) is 17.7. The molecule has 0 bridgehead atoms. The number of rotatable bonds is 8. The molecule has 2 aromatic rings. The van der Waals surface area contributed by atoms with Crippen LogP contribution in [0.3, 0.4) is 0 Å². The molecule has 2 heterocycles. The van der Waals surface area contributed by atoms with E-state index in [1.165, 1.54) is 9.58 Å². The van der Waals surface area contributed by atoms with Gasteiger partial charge in [0.05, 0.1) is 24.2 Å². The Morgan fingerprint density at radius 2 is 2.07 bits per heavy atom. The minimum Gasteiger partial charge on any atom is -0.432 e. The first-order chi connectivity index (χ1) is 13.3. The van der Waals surface area contributed by atoms with Gasteiger partial charge in [0.2, 0.25) is 5.91 Å². The summed E-state index contributed by atoms with van der Waals surface area (Å²) in [6, 6.07) is 3.57. The predicted molar refractivity (Wildman–Crippen MR) is 116 cm³/mol. The van der Waals surface area contributed by atoms with Crippen molar-refractivity contribution < 1.29 is 19.1 Å². The molecule has 2 rings (SSSR count). The van der Waals surface area contributed by atoms with Crippen LogP contribution in [0.25, 0.3) is 5.69 Å². The summed E-state index contributed by atoms with van der Waals surface area (Å²) < 4.78 is 11.6. The molecule has 0 spiro atoms. The van der Waals surface area contributed by atoms with Gasteiger partial charge in [-0.15, -0.1) is 0 Å². The monoisotopic (exact) mass is 442 g/mol. The lowest BCUT2D eigenvalue weighted by molar-refractivity contribution is -0.122. The van der Waals surface area contributed by atoms with Crippen LogP contribution < -0.4 is 4.90 Å². The average Bonchev–Trinajstić information content (AvgIpc) is 3.03. The van der Waals surface area contributed by atoms with Crippen molar-refractivity contribution in [3.8, 4) is 5.69 Å². The first-order valence-corrected chi connectivity index (χ1v) is 10.4. The van der Waals surface area contributed by atoms with Crippen molar-refractivity contribution >= 4 is 41.1 Å². The lowest BCUT2D eigenvalue weighted by atomic mass is 10.2. The summed E-state index contributed by atoms with van der Waals surface area (Å²) >= 11 is 7.84. The van der Waals surface area contributed by atoms with Gasteiger partial charge in [0.15, 0.2) is 11.9 Å². The fourth-order valence-electron chi connectivity index (χ4n) is 2.33. The highest BCUT2D eigenvalue weighted by Gasteiger charge is 2.27. The number of anilines is 1. The van der Waals surface area contributed by atoms with Gasteiger partial charge in [-0.3, -0.25) is 14.7 Å². The second-order valence-corrected chi connectivity index (χ2v) is 7.54. The third kappa shape index (κ3) is 6.93. The topological polar surface area (TPSA) is 86.5 Å². The summed E-state index contributed by atoms with van der Waals surface area (Å²) in [6.07, 6.45) is 5.58. The highest BCUT2D eigenvalue weighted by atomic mass is 35.5. The number of hydrogen-bond donors (Lipinski definition) is 0. The van der Waals surface area contributed by atoms with E-state index in [-0.39, 0.29) is 37.2 Å². The number of amides is 1. The fourth-order valence-corrected chi connectivity index (χ4v) is 3.20. The van der Waals surface area contributed by atoms with E-state index < -0.39 is 6.16 Å². The molecule has 160 valence electrons. The van der Waals surface area contributed by atoms with Crippen LogP contribution in [-0.2, 0) is 14.3 Å². The van der Waals surface area contributed by atoms with E-state index in [2.05, 4.69) is 10.1 Å². The average molecular weight is 443 g/mol. The van der Waals surface area contributed by atoms with Crippen LogP contribution in [0, 0.1) is 5.92 Å². The van der Waals surface area contributed by atoms with Crippen molar-refractivity contribution in [3.63, 3.8) is 0 Å². The summed E-state index contributed by atoms with van der Waals surface area (Å²) in [4.78, 5) is 30.1. The van der Waals surface area contributed by atoms with E-state index in [1.54, 1.807) is 63.3 Å². The van der Waals surface area contributed by atoms with E-state index in [0.29, 0.717) is 17.1 Å². The molecule has 10 heteroatoms. The largest absolute Gasteiger partial charge is 0.510 e. The predicted octanol–water partition coefficient (Wildman–Crippen LogP) is 4.41. The Bertz CT molecular complexity index is 801. The molecular formula is C19H27ClN4O4S. The molecule has 1 unspecified atom stereocenters. The lowest BCUT2D eigenvalue weighted by Gasteiger charge is -2.24. The highest BCUT2D eigenvalue weighted by Crippen LogP contribution is 2.28. The molecule has 0 saturated carbocycles. The molecule has 29 heavy (non-hydrogen) atoms. The van der Waals surface area contributed by atoms with E-state index in [1.807, 2.05) is 6.26 Å². The molecule has 0 aliphatic carbocycles. The van der Waals surface area contributed by atoms with Gasteiger partial charge in [0.25, 0.3) is 0 Å². The van der Waals surface area contributed by atoms with Gasteiger partial charge in [0, 0.05) is 17.9 Å². The van der Waals surface area contributed by atoms with Gasteiger partial charge in [-0.1, -0.05) is 26.0 Å². The van der Waals surface area contributed by atoms with Crippen molar-refractivity contribution in [1.29, 1.82) is 0 Å². The Labute approximate surface area is 180 Å². The third-order valence-electron chi connectivity index (χ3n) is 3.60. The maximum Gasteiger partial charge on any atom is 0.510 e. The molecule has 0 N–H and O–H groups in total. The van der Waals surface area contributed by atoms with Crippen LogP contribution in [0.15, 0.2) is 30.7 Å². The van der Waals surface area contributed by atoms with E-state index in [4.69, 9.17) is 21.1 Å². The number of hydrogen-bond acceptors (Lipinski definition) is 7. The molecule has 0 radical (unpaired) electrons. The van der Waals surface area contributed by atoms with Crippen molar-refractivity contribution in [1.82, 2.24) is 14.8 Å². The summed E-state index contributed by atoms with van der Waals surface area (Å²) in [5.41, 5.74) is 1.01. The van der Waals surface area contributed by atoms with Gasteiger partial charge in [-0.25, -0.2) is 9.48 Å². The SMILES string of the molecule is C.CSCC(C)C(=O)N(COC(=O)OC(C)C)c1cn(-c2cccnc2)nc1Cl. The van der Waals surface area contributed by atoms with Crippen LogP contribution in [0.2, 0.25) is 5.15 Å². The van der Waals surface area contributed by atoms with Gasteiger partial charge >= 0.3 is 6.16 Å². The van der Waals surface area contributed by atoms with Gasteiger partial charge < -0.3 is 9.47 Å². The molecule has 0 fully saturated rings. The number of aromatic nitrogens is 3. The van der Waals surface area contributed by atoms with Crippen LogP contribution >= 0.6 is 23.4 Å². The Balaban J connectivity index is 0.00000420. The minimum absolute atomic E-state index is 0. The molecule has 0 aliphatic heterocycles. The Morgan fingerprint density at radius 1 is 1.34 bits per heavy atom. The van der Waals surface area contributed by atoms with E-state index in [9.17, 15) is 9.59 Å². The second kappa shape index (κ2) is 11.7. The Hall–Kier alpha value is -2.26. The minimum atomic E-state index is -0.860. The molecule has 0 aromatic carbocycles. The number of pyridine rings is 1. The van der Waals surface area contributed by atoms with Crippen molar-refractivity contribution in [3.05, 3.63) is 35.9 Å². The van der Waals surface area contributed by atoms with Gasteiger partial charge in [-0.05, 0) is 32.2 Å². The molecule has 1 amide bonds. The first kappa shape index (κ1) is 24.8. The summed E-state index contributed by atoms with van der Waals surface area (Å²) in [5.74, 6) is 0.0667. The first-order valence-electron chi connectivity index (χ1n) is 8.62. The molecule has 1 atom stereocenters. The number of ether oxygens (including phenoxy) is 2. The maximum absolute atomic E-state index is 12.9. The smallest absolute Gasteiger partial charge is 0.432 e. The lowest BCUT2D eigenvalue weighted by Crippen LogP contribution is -2.39. The second-order valence-electron chi connectivity index (χ2n) is 6.27. The number of halogens is 1. The third-order valence-corrected chi connectivity index (χ3v) is 4.70. The highest BCUT2D eigenvalue weighted by molar-refractivity contribution is 7.98. The summed E-state index contributed by atoms with van der Waals surface area (Å²) in [7, 11) is 0. The van der Waals surface area contributed by atoms with Crippen molar-refractivity contribution in [2.24, 2.45) is 5.92 Å². The zero-order valence-electron chi connectivity index (χ0n) is 16.2. The summed E-state index contributed by atoms with van der Waals surface area (Å²) in [5, 5.41) is 4.34. The normalized spacial score (nSPS) is 11.5. The zero-order chi connectivity index (χ0) is 20.7. The van der Waals surface area contributed by atoms with Crippen LogP contribution in [0.4, 0.5) is 10.5 Å². The quantitative estimate of drug-likeness (QED) is 0.442. The molecule has 0 aliphatic rings. The number of carbonyl (C=O) groups excluding carboxylic acids is 2. The Morgan fingerprint density at radius 3 is 2.66 bits per heavy atom. The molecule has 0 saturated heterocycles. The van der Waals surface area contributed by atoms with Crippen LogP contribution in [-0.4, -0.2) is 51.7 Å². The standard InChI is InChI=1S/C18H23ClN4O4S.CH4/c1-12(2)27-18(25)26-11-22(17(24)13(3)10-28-4)15-9-23(21-16(15)19)14-6-5-7-20-8-14;/h5-9,12-13H,10-11H2,1-4H3;1H4. The van der Waals surface area contributed by atoms with Crippen molar-refractivity contribution in [2.45, 2.75) is 34.3 Å². The van der Waals surface area contributed by atoms with E-state index in [0.717, 1.165) is 0 Å². The fraction of sp³-hybridized carbons (Fsp3) is 0.474. The van der Waals surface area contributed by atoms with E-state index >= 15 is 0 Å². The molecular weight excluding hydrogens is 416 g/mol. The number of nitrogens with zero attached hydrogens (tertiary/aromatic N) is 4. The number of thioether (sulfide) groups is 1. The van der Waals surface area contributed by atoms with Crippen molar-refractivity contribution in [2.75, 3.05) is 23.6 Å². The molecule has 2 aromatic heterocycles. The van der Waals surface area contributed by atoms with Gasteiger partial charge in [-0.2, -0.15) is 16.9 Å². The maximum atomic E-state index is 12.9. The van der Waals surface area contributed by atoms with Gasteiger partial charge in [0.1, 0.15) is 5.69 Å². The van der Waals surface area contributed by atoms with Crippen LogP contribution in [0.1, 0.15) is 28.2 Å². The molecule has 8 nitrogen and oxygen atoms in total.